The molecular weight excluding hydrogens is 294 g/mol. The summed E-state index contributed by atoms with van der Waals surface area (Å²) in [5.41, 5.74) is 1.04. The number of rotatable bonds is 6. The molecule has 8 heteroatoms. The minimum atomic E-state index is -3.74. The first-order chi connectivity index (χ1) is 9.98. The first-order valence-corrected chi connectivity index (χ1v) is 7.65. The monoisotopic (exact) mass is 311 g/mol. The molecule has 0 radical (unpaired) electrons. The zero-order chi connectivity index (χ0) is 15.5. The molecule has 0 amide bonds. The summed E-state index contributed by atoms with van der Waals surface area (Å²) in [4.78, 5) is 0. The van der Waals surface area contributed by atoms with Gasteiger partial charge in [0.15, 0.2) is 5.03 Å². The van der Waals surface area contributed by atoms with Gasteiger partial charge in [0.25, 0.3) is 10.0 Å². The van der Waals surface area contributed by atoms with E-state index in [4.69, 9.17) is 9.84 Å². The molecule has 114 valence electrons. The van der Waals surface area contributed by atoms with E-state index >= 15 is 0 Å². The van der Waals surface area contributed by atoms with Crippen LogP contribution in [0.2, 0.25) is 0 Å². The zero-order valence-corrected chi connectivity index (χ0v) is 12.6. The van der Waals surface area contributed by atoms with Crippen LogP contribution in [0.5, 0.6) is 5.75 Å². The number of methoxy groups -OCH3 is 1. The van der Waals surface area contributed by atoms with Gasteiger partial charge >= 0.3 is 0 Å². The SMILES string of the molecule is COc1cccc(CN(C)S(=O)(=O)c2[nH]ncc2CO)c1. The van der Waals surface area contributed by atoms with Crippen molar-refractivity contribution in [3.63, 3.8) is 0 Å². The smallest absolute Gasteiger partial charge is 0.260 e. The van der Waals surface area contributed by atoms with Gasteiger partial charge in [-0.1, -0.05) is 12.1 Å². The largest absolute Gasteiger partial charge is 0.497 e. The maximum Gasteiger partial charge on any atom is 0.260 e. The summed E-state index contributed by atoms with van der Waals surface area (Å²) in [6, 6.07) is 7.17. The Hall–Kier alpha value is -1.90. The summed E-state index contributed by atoms with van der Waals surface area (Å²) in [5, 5.41) is 15.2. The molecule has 2 rings (SSSR count). The van der Waals surface area contributed by atoms with Gasteiger partial charge in [0, 0.05) is 19.2 Å². The number of nitrogens with zero attached hydrogens (tertiary/aromatic N) is 2. The second-order valence-electron chi connectivity index (χ2n) is 4.50. The molecule has 1 heterocycles. The Morgan fingerprint density at radius 3 is 2.86 bits per heavy atom. The maximum absolute atomic E-state index is 12.4. The Labute approximate surface area is 123 Å². The number of ether oxygens (including phenoxy) is 1. The van der Waals surface area contributed by atoms with Gasteiger partial charge < -0.3 is 9.84 Å². The van der Waals surface area contributed by atoms with Gasteiger partial charge in [-0.2, -0.15) is 9.40 Å². The first kappa shape index (κ1) is 15.5. The number of aliphatic hydroxyl groups is 1. The van der Waals surface area contributed by atoms with Crippen molar-refractivity contribution in [2.24, 2.45) is 0 Å². The van der Waals surface area contributed by atoms with Gasteiger partial charge in [-0.15, -0.1) is 0 Å². The average molecular weight is 311 g/mol. The van der Waals surface area contributed by atoms with Crippen LogP contribution < -0.4 is 4.74 Å². The second kappa shape index (κ2) is 6.25. The van der Waals surface area contributed by atoms with E-state index in [-0.39, 0.29) is 17.1 Å². The lowest BCUT2D eigenvalue weighted by atomic mass is 10.2. The van der Waals surface area contributed by atoms with Crippen LogP contribution in [0.25, 0.3) is 0 Å². The summed E-state index contributed by atoms with van der Waals surface area (Å²) in [6.07, 6.45) is 1.30. The highest BCUT2D eigenvalue weighted by Crippen LogP contribution is 2.20. The zero-order valence-electron chi connectivity index (χ0n) is 11.8. The van der Waals surface area contributed by atoms with Crippen LogP contribution >= 0.6 is 0 Å². The van der Waals surface area contributed by atoms with E-state index in [0.717, 1.165) is 5.56 Å². The number of hydrogen-bond donors (Lipinski definition) is 2. The predicted molar refractivity (Wildman–Crippen MR) is 76.2 cm³/mol. The highest BCUT2D eigenvalue weighted by molar-refractivity contribution is 7.89. The van der Waals surface area contributed by atoms with Gasteiger partial charge in [0.05, 0.1) is 19.9 Å². The molecule has 0 saturated carbocycles. The number of hydrogen-bond acceptors (Lipinski definition) is 5. The number of H-pyrrole nitrogens is 1. The van der Waals surface area contributed by atoms with Crippen molar-refractivity contribution in [2.45, 2.75) is 18.2 Å². The van der Waals surface area contributed by atoms with Gasteiger partial charge in [0.2, 0.25) is 0 Å². The molecular formula is C13H17N3O4S. The molecule has 1 aromatic carbocycles. The van der Waals surface area contributed by atoms with E-state index in [9.17, 15) is 8.42 Å². The van der Waals surface area contributed by atoms with E-state index in [1.807, 2.05) is 6.07 Å². The Morgan fingerprint density at radius 1 is 1.43 bits per heavy atom. The van der Waals surface area contributed by atoms with Crippen molar-refractivity contribution >= 4 is 10.0 Å². The van der Waals surface area contributed by atoms with Crippen molar-refractivity contribution in [3.8, 4) is 5.75 Å². The number of nitrogens with one attached hydrogen (secondary N) is 1. The average Bonchev–Trinajstić information content (AvgIpc) is 2.96. The molecule has 0 aliphatic carbocycles. The van der Waals surface area contributed by atoms with Crippen LogP contribution in [0.4, 0.5) is 0 Å². The van der Waals surface area contributed by atoms with Crippen LogP contribution in [-0.4, -0.2) is 42.2 Å². The third-order valence-electron chi connectivity index (χ3n) is 3.06. The lowest BCUT2D eigenvalue weighted by Gasteiger charge is -2.17. The standard InChI is InChI=1S/C13H17N3O4S/c1-16(8-10-4-3-5-12(6-10)20-2)21(18,19)13-11(9-17)7-14-15-13/h3-7,17H,8-9H2,1-2H3,(H,14,15). The maximum atomic E-state index is 12.4. The fraction of sp³-hybridized carbons (Fsp3) is 0.308. The number of benzene rings is 1. The summed E-state index contributed by atoms with van der Waals surface area (Å²) < 4.78 is 31.2. The second-order valence-corrected chi connectivity index (χ2v) is 6.48. The van der Waals surface area contributed by atoms with E-state index in [0.29, 0.717) is 5.75 Å². The number of aromatic nitrogens is 2. The highest BCUT2D eigenvalue weighted by Gasteiger charge is 2.25. The van der Waals surface area contributed by atoms with Crippen molar-refractivity contribution in [1.29, 1.82) is 0 Å². The van der Waals surface area contributed by atoms with Gasteiger partial charge in [-0.3, -0.25) is 5.10 Å². The topological polar surface area (TPSA) is 95.5 Å². The Bertz CT molecular complexity index is 712. The molecule has 0 aliphatic heterocycles. The lowest BCUT2D eigenvalue weighted by molar-refractivity contribution is 0.278. The van der Waals surface area contributed by atoms with Gasteiger partial charge in [-0.25, -0.2) is 8.42 Å². The first-order valence-electron chi connectivity index (χ1n) is 6.21. The van der Waals surface area contributed by atoms with Gasteiger partial charge in [-0.05, 0) is 17.7 Å². The van der Waals surface area contributed by atoms with Gasteiger partial charge in [0.1, 0.15) is 5.75 Å². The number of aromatic amines is 1. The van der Waals surface area contributed by atoms with E-state index in [1.54, 1.807) is 25.3 Å². The van der Waals surface area contributed by atoms with E-state index < -0.39 is 16.6 Å². The summed E-state index contributed by atoms with van der Waals surface area (Å²) in [7, 11) is -0.719. The van der Waals surface area contributed by atoms with E-state index in [1.165, 1.54) is 17.5 Å². The molecule has 2 aromatic rings. The minimum Gasteiger partial charge on any atom is -0.497 e. The molecule has 21 heavy (non-hydrogen) atoms. The molecule has 1 aromatic heterocycles. The van der Waals surface area contributed by atoms with Crippen molar-refractivity contribution in [2.75, 3.05) is 14.2 Å². The number of sulfonamides is 1. The predicted octanol–water partition coefficient (Wildman–Crippen LogP) is 0.731. The van der Waals surface area contributed by atoms with Crippen LogP contribution in [0.1, 0.15) is 11.1 Å². The molecule has 0 spiro atoms. The molecule has 7 nitrogen and oxygen atoms in total. The van der Waals surface area contributed by atoms with Crippen molar-refractivity contribution < 1.29 is 18.3 Å². The molecule has 0 fully saturated rings. The van der Waals surface area contributed by atoms with Crippen LogP contribution in [0.3, 0.4) is 0 Å². The molecule has 0 aliphatic rings. The Balaban J connectivity index is 2.24. The quantitative estimate of drug-likeness (QED) is 0.820. The third kappa shape index (κ3) is 3.23. The third-order valence-corrected chi connectivity index (χ3v) is 4.88. The highest BCUT2D eigenvalue weighted by atomic mass is 32.2. The molecule has 0 bridgehead atoms. The van der Waals surface area contributed by atoms with Crippen LogP contribution in [0.15, 0.2) is 35.5 Å². The normalized spacial score (nSPS) is 11.8. The fourth-order valence-corrected chi connectivity index (χ4v) is 3.15. The Morgan fingerprint density at radius 2 is 2.19 bits per heavy atom. The molecule has 2 N–H and O–H groups in total. The Kier molecular flexibility index (Phi) is 4.61. The minimum absolute atomic E-state index is 0.0876. The van der Waals surface area contributed by atoms with Crippen molar-refractivity contribution in [3.05, 3.63) is 41.6 Å². The lowest BCUT2D eigenvalue weighted by Crippen LogP contribution is -2.27. The fourth-order valence-electron chi connectivity index (χ4n) is 1.90. The summed E-state index contributed by atoms with van der Waals surface area (Å²) in [6.45, 7) is -0.207. The molecule has 0 saturated heterocycles. The van der Waals surface area contributed by atoms with Crippen molar-refractivity contribution in [1.82, 2.24) is 14.5 Å². The summed E-state index contributed by atoms with van der Waals surface area (Å²) >= 11 is 0. The number of aliphatic hydroxyl groups excluding tert-OH is 1. The molecule has 0 atom stereocenters. The van der Waals surface area contributed by atoms with E-state index in [2.05, 4.69) is 10.2 Å². The molecule has 0 unspecified atom stereocenters. The summed E-state index contributed by atoms with van der Waals surface area (Å²) in [5.74, 6) is 0.663. The van der Waals surface area contributed by atoms with Crippen LogP contribution in [0, 0.1) is 0 Å². The van der Waals surface area contributed by atoms with Crippen LogP contribution in [-0.2, 0) is 23.2 Å².